The van der Waals surface area contributed by atoms with Crippen LogP contribution in [0.3, 0.4) is 0 Å². The molecule has 0 aromatic heterocycles. The Morgan fingerprint density at radius 2 is 1.87 bits per heavy atom. The van der Waals surface area contributed by atoms with Gasteiger partial charge in [0.15, 0.2) is 11.5 Å². The Balaban J connectivity index is 1.99. The van der Waals surface area contributed by atoms with Crippen molar-refractivity contribution in [2.75, 3.05) is 25.7 Å². The Labute approximate surface area is 141 Å². The molecule has 3 rings (SSSR count). The van der Waals surface area contributed by atoms with Gasteiger partial charge in [-0.15, -0.1) is 0 Å². The molecule has 2 aromatic carbocycles. The van der Waals surface area contributed by atoms with Gasteiger partial charge in [0.25, 0.3) is 0 Å². The highest BCUT2D eigenvalue weighted by Gasteiger charge is 2.25. The number of hydrogen-bond acceptors (Lipinski definition) is 4. The number of nitrogens with zero attached hydrogens (tertiary/aromatic N) is 1. The molecule has 0 aliphatic carbocycles. The molecule has 5 heteroatoms. The maximum Gasteiger partial charge on any atom is 0.162 e. The van der Waals surface area contributed by atoms with Gasteiger partial charge < -0.3 is 20.1 Å². The minimum atomic E-state index is 0.0862. The minimum Gasteiger partial charge on any atom is -0.493 e. The smallest absolute Gasteiger partial charge is 0.162 e. The first-order valence-electron chi connectivity index (χ1n) is 7.61. The molecule has 0 amide bonds. The van der Waals surface area contributed by atoms with Crippen molar-refractivity contribution in [3.63, 3.8) is 0 Å². The topological polar surface area (TPSA) is 47.7 Å². The predicted molar refractivity (Wildman–Crippen MR) is 93.7 cm³/mol. The summed E-state index contributed by atoms with van der Waals surface area (Å²) in [6.07, 6.45) is 0.828. The maximum absolute atomic E-state index is 6.31. The molecular weight excluding hydrogens is 312 g/mol. The summed E-state index contributed by atoms with van der Waals surface area (Å²) in [6, 6.07) is 12.0. The summed E-state index contributed by atoms with van der Waals surface area (Å²) in [5, 5.41) is 0.772. The third kappa shape index (κ3) is 3.23. The molecule has 2 N–H and O–H groups in total. The molecule has 0 spiro atoms. The number of halogens is 1. The van der Waals surface area contributed by atoms with Gasteiger partial charge in [0.1, 0.15) is 0 Å². The van der Waals surface area contributed by atoms with E-state index in [2.05, 4.69) is 4.90 Å². The number of methoxy groups -OCH3 is 2. The van der Waals surface area contributed by atoms with E-state index in [4.69, 9.17) is 26.8 Å². The Morgan fingerprint density at radius 1 is 1.17 bits per heavy atom. The zero-order valence-electron chi connectivity index (χ0n) is 13.4. The zero-order chi connectivity index (χ0) is 16.4. The summed E-state index contributed by atoms with van der Waals surface area (Å²) in [5.74, 6) is 1.46. The molecule has 1 heterocycles. The number of anilines is 1. The highest BCUT2D eigenvalue weighted by Crippen LogP contribution is 2.38. The summed E-state index contributed by atoms with van der Waals surface area (Å²) >= 11 is 6.31. The standard InChI is InChI=1S/C18H21ClN2O2/c1-22-17-8-13-7-14(20)11-21(16(13)9-18(17)23-2)10-12-5-3-4-6-15(12)19/h3-6,8-9,14H,7,10-11,20H2,1-2H3. The predicted octanol–water partition coefficient (Wildman–Crippen LogP) is 3.25. The Hall–Kier alpha value is -1.91. The van der Waals surface area contributed by atoms with Gasteiger partial charge in [-0.05, 0) is 29.7 Å². The van der Waals surface area contributed by atoms with Gasteiger partial charge in [-0.25, -0.2) is 0 Å². The second-order valence-electron chi connectivity index (χ2n) is 5.77. The first-order valence-corrected chi connectivity index (χ1v) is 7.99. The lowest BCUT2D eigenvalue weighted by Gasteiger charge is -2.35. The highest BCUT2D eigenvalue weighted by atomic mass is 35.5. The van der Waals surface area contributed by atoms with Crippen LogP contribution in [0.25, 0.3) is 0 Å². The molecule has 2 aromatic rings. The lowest BCUT2D eigenvalue weighted by Crippen LogP contribution is -2.43. The van der Waals surface area contributed by atoms with Gasteiger partial charge in [-0.2, -0.15) is 0 Å². The van der Waals surface area contributed by atoms with Crippen molar-refractivity contribution in [2.45, 2.75) is 19.0 Å². The number of fused-ring (bicyclic) bond motifs is 1. The van der Waals surface area contributed by atoms with E-state index in [0.717, 1.165) is 47.3 Å². The van der Waals surface area contributed by atoms with Gasteiger partial charge in [0.05, 0.1) is 14.2 Å². The molecule has 23 heavy (non-hydrogen) atoms. The van der Waals surface area contributed by atoms with Crippen LogP contribution >= 0.6 is 11.6 Å². The van der Waals surface area contributed by atoms with E-state index in [1.54, 1.807) is 14.2 Å². The third-order valence-corrected chi connectivity index (χ3v) is 4.55. The van der Waals surface area contributed by atoms with Crippen molar-refractivity contribution in [3.05, 3.63) is 52.5 Å². The summed E-state index contributed by atoms with van der Waals surface area (Å²) < 4.78 is 10.8. The molecular formula is C18H21ClN2O2. The fourth-order valence-corrected chi connectivity index (χ4v) is 3.27. The average Bonchev–Trinajstić information content (AvgIpc) is 2.55. The molecule has 1 unspecified atom stereocenters. The third-order valence-electron chi connectivity index (χ3n) is 4.18. The van der Waals surface area contributed by atoms with Crippen LogP contribution in [0.2, 0.25) is 5.02 Å². The molecule has 1 atom stereocenters. The highest BCUT2D eigenvalue weighted by molar-refractivity contribution is 6.31. The maximum atomic E-state index is 6.31. The quantitative estimate of drug-likeness (QED) is 0.933. The largest absolute Gasteiger partial charge is 0.493 e. The van der Waals surface area contributed by atoms with Crippen LogP contribution in [0.4, 0.5) is 5.69 Å². The van der Waals surface area contributed by atoms with E-state index in [1.807, 2.05) is 36.4 Å². The molecule has 1 aliphatic heterocycles. The van der Waals surface area contributed by atoms with E-state index >= 15 is 0 Å². The lowest BCUT2D eigenvalue weighted by molar-refractivity contribution is 0.354. The second-order valence-corrected chi connectivity index (χ2v) is 6.18. The lowest BCUT2D eigenvalue weighted by atomic mass is 9.97. The monoisotopic (exact) mass is 332 g/mol. The SMILES string of the molecule is COc1cc2c(cc1OC)N(Cc1ccccc1Cl)CC(N)C2. The zero-order valence-corrected chi connectivity index (χ0v) is 14.1. The Morgan fingerprint density at radius 3 is 2.57 bits per heavy atom. The fraction of sp³-hybridized carbons (Fsp3) is 0.333. The number of benzene rings is 2. The minimum absolute atomic E-state index is 0.0862. The van der Waals surface area contributed by atoms with Gasteiger partial charge in [-0.1, -0.05) is 29.8 Å². The van der Waals surface area contributed by atoms with E-state index in [-0.39, 0.29) is 6.04 Å². The van der Waals surface area contributed by atoms with Crippen LogP contribution < -0.4 is 20.1 Å². The van der Waals surface area contributed by atoms with Crippen LogP contribution in [-0.4, -0.2) is 26.8 Å². The van der Waals surface area contributed by atoms with Crippen molar-refractivity contribution in [1.82, 2.24) is 0 Å². The molecule has 0 saturated heterocycles. The number of nitrogens with two attached hydrogens (primary N) is 1. The van der Waals surface area contributed by atoms with Crippen LogP contribution in [0.5, 0.6) is 11.5 Å². The van der Waals surface area contributed by atoms with Gasteiger partial charge in [0, 0.05) is 35.9 Å². The Bertz CT molecular complexity index is 705. The first-order chi connectivity index (χ1) is 11.1. The number of hydrogen-bond donors (Lipinski definition) is 1. The fourth-order valence-electron chi connectivity index (χ4n) is 3.08. The summed E-state index contributed by atoms with van der Waals surface area (Å²) in [6.45, 7) is 1.50. The van der Waals surface area contributed by atoms with Crippen molar-refractivity contribution in [2.24, 2.45) is 5.73 Å². The summed E-state index contributed by atoms with van der Waals surface area (Å²) in [4.78, 5) is 2.26. The van der Waals surface area contributed by atoms with Crippen LogP contribution in [0.1, 0.15) is 11.1 Å². The van der Waals surface area contributed by atoms with Crippen LogP contribution in [0.15, 0.2) is 36.4 Å². The summed E-state index contributed by atoms with van der Waals surface area (Å²) in [7, 11) is 3.30. The van der Waals surface area contributed by atoms with Crippen molar-refractivity contribution in [3.8, 4) is 11.5 Å². The average molecular weight is 333 g/mol. The Kier molecular flexibility index (Phi) is 4.64. The van der Waals surface area contributed by atoms with Gasteiger partial charge in [0.2, 0.25) is 0 Å². The van der Waals surface area contributed by atoms with E-state index in [1.165, 1.54) is 5.56 Å². The van der Waals surface area contributed by atoms with Crippen molar-refractivity contribution < 1.29 is 9.47 Å². The van der Waals surface area contributed by atoms with Crippen molar-refractivity contribution >= 4 is 17.3 Å². The van der Waals surface area contributed by atoms with Crippen LogP contribution in [0, 0.1) is 0 Å². The van der Waals surface area contributed by atoms with Crippen LogP contribution in [-0.2, 0) is 13.0 Å². The normalized spacial score (nSPS) is 16.9. The molecule has 0 saturated carbocycles. The molecule has 0 radical (unpaired) electrons. The number of rotatable bonds is 4. The molecule has 0 bridgehead atoms. The van der Waals surface area contributed by atoms with E-state index in [9.17, 15) is 0 Å². The summed E-state index contributed by atoms with van der Waals surface area (Å²) in [5.41, 5.74) is 9.64. The molecule has 0 fully saturated rings. The van der Waals surface area contributed by atoms with Crippen molar-refractivity contribution in [1.29, 1.82) is 0 Å². The van der Waals surface area contributed by atoms with Gasteiger partial charge in [-0.3, -0.25) is 0 Å². The first kappa shape index (κ1) is 16.0. The number of ether oxygens (including phenoxy) is 2. The van der Waals surface area contributed by atoms with E-state index < -0.39 is 0 Å². The van der Waals surface area contributed by atoms with E-state index in [0.29, 0.717) is 0 Å². The van der Waals surface area contributed by atoms with Gasteiger partial charge >= 0.3 is 0 Å². The molecule has 1 aliphatic rings. The second kappa shape index (κ2) is 6.69. The molecule has 4 nitrogen and oxygen atoms in total. The molecule has 122 valence electrons.